The number of aliphatic hydroxyl groups is 1. The summed E-state index contributed by atoms with van der Waals surface area (Å²) in [6.45, 7) is 0. The van der Waals surface area contributed by atoms with Crippen molar-refractivity contribution < 1.29 is 14.3 Å². The number of thiophene rings is 1. The van der Waals surface area contributed by atoms with Gasteiger partial charge in [-0.3, -0.25) is 14.9 Å². The number of fused-ring (bicyclic) bond motifs is 1. The highest BCUT2D eigenvalue weighted by Crippen LogP contribution is 2.24. The van der Waals surface area contributed by atoms with Crippen LogP contribution < -0.4 is 5.73 Å². The smallest absolute Gasteiger partial charge is 0.258 e. The van der Waals surface area contributed by atoms with Crippen LogP contribution in [0.15, 0.2) is 55.0 Å². The van der Waals surface area contributed by atoms with E-state index in [0.29, 0.717) is 37.6 Å². The third-order valence-electron chi connectivity index (χ3n) is 5.54. The fraction of sp³-hybridized carbons (Fsp3) is 0.240. The maximum Gasteiger partial charge on any atom is 0.258 e. The Hall–Kier alpha value is -3.67. The van der Waals surface area contributed by atoms with Gasteiger partial charge in [-0.15, -0.1) is 11.3 Å². The molecule has 0 spiro atoms. The van der Waals surface area contributed by atoms with E-state index in [4.69, 9.17) is 22.4 Å². The maximum atomic E-state index is 13.8. The first-order valence-corrected chi connectivity index (χ1v) is 12.8. The summed E-state index contributed by atoms with van der Waals surface area (Å²) >= 11 is 6.70. The largest absolute Gasteiger partial charge is 0.393 e. The van der Waals surface area contributed by atoms with Crippen molar-refractivity contribution in [3.8, 4) is 22.9 Å². The standard InChI is InChI=1S/C14H9FN6.C6H12O.C5H4ClNOS/c15-9-4-2-1-3-8(9)13-19-10-5-11(14-17-7-18-21-14)16-6-12(10)20-13;7-6-4-2-1-3-5-6;6-4-2-1-3(9-4)5(7)8/h1-7H,(H,19,20)(H,17,18,21);6-7H,1-5H2;1-2H,(H2,7,8). The van der Waals surface area contributed by atoms with E-state index >= 15 is 0 Å². The first-order chi connectivity index (χ1) is 17.9. The van der Waals surface area contributed by atoms with Crippen LogP contribution in [0.25, 0.3) is 33.9 Å². The van der Waals surface area contributed by atoms with Crippen LogP contribution in [-0.2, 0) is 0 Å². The lowest BCUT2D eigenvalue weighted by Gasteiger charge is -2.14. The monoisotopic (exact) mass is 541 g/mol. The summed E-state index contributed by atoms with van der Waals surface area (Å²) in [5, 5.41) is 15.4. The average Bonchev–Trinajstić information content (AvgIpc) is 3.66. The minimum absolute atomic E-state index is 0.0359. The Labute approximate surface area is 221 Å². The molecule has 37 heavy (non-hydrogen) atoms. The van der Waals surface area contributed by atoms with Gasteiger partial charge in [0.15, 0.2) is 5.82 Å². The molecule has 12 heteroatoms. The number of nitrogens with zero attached hydrogens (tertiary/aromatic N) is 4. The molecule has 1 aliphatic carbocycles. The van der Waals surface area contributed by atoms with Crippen molar-refractivity contribution in [1.82, 2.24) is 30.1 Å². The molecule has 5 aromatic rings. The molecule has 1 fully saturated rings. The van der Waals surface area contributed by atoms with Crippen molar-refractivity contribution in [3.05, 3.63) is 70.0 Å². The maximum absolute atomic E-state index is 13.8. The second kappa shape index (κ2) is 12.5. The van der Waals surface area contributed by atoms with Crippen molar-refractivity contribution in [3.63, 3.8) is 0 Å². The predicted octanol–water partition coefficient (Wildman–Crippen LogP) is 5.36. The molecule has 0 bridgehead atoms. The van der Waals surface area contributed by atoms with Gasteiger partial charge in [0.2, 0.25) is 0 Å². The van der Waals surface area contributed by atoms with E-state index in [0.717, 1.165) is 18.4 Å². The third-order valence-corrected chi connectivity index (χ3v) is 6.79. The van der Waals surface area contributed by atoms with Crippen LogP contribution in [0.1, 0.15) is 41.8 Å². The first-order valence-electron chi connectivity index (χ1n) is 11.6. The molecule has 4 heterocycles. The molecule has 1 aliphatic rings. The molecule has 0 aliphatic heterocycles. The number of halogens is 2. The Bertz CT molecular complexity index is 1450. The van der Waals surface area contributed by atoms with Gasteiger partial charge in [-0.2, -0.15) is 5.10 Å². The van der Waals surface area contributed by atoms with Gasteiger partial charge in [0.05, 0.1) is 38.1 Å². The Kier molecular flexibility index (Phi) is 8.94. The minimum Gasteiger partial charge on any atom is -0.393 e. The molecule has 0 saturated heterocycles. The number of aromatic nitrogens is 6. The van der Waals surface area contributed by atoms with Gasteiger partial charge < -0.3 is 15.8 Å². The number of benzene rings is 1. The van der Waals surface area contributed by atoms with Crippen LogP contribution >= 0.6 is 22.9 Å². The van der Waals surface area contributed by atoms with Gasteiger partial charge in [-0.1, -0.05) is 43.0 Å². The topological polar surface area (TPSA) is 146 Å². The number of imidazole rings is 1. The van der Waals surface area contributed by atoms with Gasteiger partial charge in [0, 0.05) is 0 Å². The molecule has 1 amide bonds. The molecule has 9 nitrogen and oxygen atoms in total. The van der Waals surface area contributed by atoms with Crippen LogP contribution in [0, 0.1) is 5.82 Å². The Balaban J connectivity index is 0.000000164. The van der Waals surface area contributed by atoms with Gasteiger partial charge in [0.25, 0.3) is 5.91 Å². The molecule has 0 atom stereocenters. The zero-order valence-electron chi connectivity index (χ0n) is 19.7. The Morgan fingerprint density at radius 2 is 1.89 bits per heavy atom. The number of amides is 1. The molecule has 192 valence electrons. The average molecular weight is 542 g/mol. The molecule has 5 N–H and O–H groups in total. The minimum atomic E-state index is -0.424. The fourth-order valence-electron chi connectivity index (χ4n) is 3.68. The molecule has 0 unspecified atom stereocenters. The normalized spacial score (nSPS) is 13.4. The first kappa shape index (κ1) is 26.4. The van der Waals surface area contributed by atoms with Crippen molar-refractivity contribution in [2.24, 2.45) is 5.73 Å². The van der Waals surface area contributed by atoms with Crippen LogP contribution in [-0.4, -0.2) is 47.3 Å². The lowest BCUT2D eigenvalue weighted by atomic mass is 9.98. The number of carbonyl (C=O) groups is 1. The number of primary amides is 1. The number of H-pyrrole nitrogens is 2. The molecular formula is C25H25ClFN7O2S. The quantitative estimate of drug-likeness (QED) is 0.242. The van der Waals surface area contributed by atoms with Crippen molar-refractivity contribution in [1.29, 1.82) is 0 Å². The Morgan fingerprint density at radius 3 is 2.46 bits per heavy atom. The van der Waals surface area contributed by atoms with E-state index in [-0.39, 0.29) is 11.9 Å². The summed E-state index contributed by atoms with van der Waals surface area (Å²) in [6.07, 6.45) is 8.98. The molecular weight excluding hydrogens is 517 g/mol. The molecule has 4 aromatic heterocycles. The lowest BCUT2D eigenvalue weighted by molar-refractivity contribution is 0.100. The predicted molar refractivity (Wildman–Crippen MR) is 142 cm³/mol. The van der Waals surface area contributed by atoms with E-state index in [2.05, 4.69) is 30.1 Å². The number of aromatic amines is 2. The molecule has 1 aromatic carbocycles. The number of hydrogen-bond acceptors (Lipinski definition) is 7. The summed E-state index contributed by atoms with van der Waals surface area (Å²) in [5.74, 6) is 0.291. The van der Waals surface area contributed by atoms with Crippen LogP contribution in [0.4, 0.5) is 4.39 Å². The van der Waals surface area contributed by atoms with E-state index < -0.39 is 5.91 Å². The number of nitrogens with two attached hydrogens (primary N) is 1. The third kappa shape index (κ3) is 7.19. The van der Waals surface area contributed by atoms with Gasteiger partial charge >= 0.3 is 0 Å². The lowest BCUT2D eigenvalue weighted by Crippen LogP contribution is -2.09. The number of nitrogens with one attached hydrogen (secondary N) is 2. The van der Waals surface area contributed by atoms with Gasteiger partial charge in [-0.25, -0.2) is 14.4 Å². The van der Waals surface area contributed by atoms with Gasteiger partial charge in [0.1, 0.15) is 23.7 Å². The number of rotatable bonds is 3. The van der Waals surface area contributed by atoms with Crippen LogP contribution in [0.3, 0.4) is 0 Å². The second-order valence-electron chi connectivity index (χ2n) is 8.25. The highest BCUT2D eigenvalue weighted by atomic mass is 35.5. The number of pyridine rings is 1. The molecule has 0 radical (unpaired) electrons. The van der Waals surface area contributed by atoms with Crippen molar-refractivity contribution >= 4 is 39.9 Å². The molecule has 1 saturated carbocycles. The summed E-state index contributed by atoms with van der Waals surface area (Å²) < 4.78 is 14.4. The zero-order valence-corrected chi connectivity index (χ0v) is 21.3. The Morgan fingerprint density at radius 1 is 1.11 bits per heavy atom. The summed E-state index contributed by atoms with van der Waals surface area (Å²) in [7, 11) is 0. The second-order valence-corrected chi connectivity index (χ2v) is 9.96. The summed E-state index contributed by atoms with van der Waals surface area (Å²) in [4.78, 5) is 26.7. The fourth-order valence-corrected chi connectivity index (χ4v) is 4.57. The van der Waals surface area contributed by atoms with E-state index in [1.54, 1.807) is 42.6 Å². The van der Waals surface area contributed by atoms with Crippen LogP contribution in [0.5, 0.6) is 0 Å². The molecule has 6 rings (SSSR count). The zero-order chi connectivity index (χ0) is 26.2. The van der Waals surface area contributed by atoms with Crippen LogP contribution in [0.2, 0.25) is 4.34 Å². The highest BCUT2D eigenvalue weighted by Gasteiger charge is 2.11. The van der Waals surface area contributed by atoms with E-state index in [1.165, 1.54) is 43.0 Å². The summed E-state index contributed by atoms with van der Waals surface area (Å²) in [5.41, 5.74) is 7.42. The van der Waals surface area contributed by atoms with Gasteiger partial charge in [-0.05, 0) is 43.2 Å². The highest BCUT2D eigenvalue weighted by molar-refractivity contribution is 7.17. The summed E-state index contributed by atoms with van der Waals surface area (Å²) in [6, 6.07) is 11.5. The van der Waals surface area contributed by atoms with Crippen molar-refractivity contribution in [2.75, 3.05) is 0 Å². The SMILES string of the molecule is Fc1ccccc1-c1nc2cc(-c3ncn[nH]3)ncc2[nH]1.NC(=O)c1ccc(Cl)s1.OC1CCCCC1. The number of aliphatic hydroxyl groups excluding tert-OH is 1. The number of carbonyl (C=O) groups excluding carboxylic acids is 1. The van der Waals surface area contributed by atoms with E-state index in [1.807, 2.05) is 0 Å². The number of hydrogen-bond donors (Lipinski definition) is 4. The van der Waals surface area contributed by atoms with E-state index in [9.17, 15) is 9.18 Å². The van der Waals surface area contributed by atoms with Crippen molar-refractivity contribution in [2.45, 2.75) is 38.2 Å².